The number of aromatic nitrogens is 1. The summed E-state index contributed by atoms with van der Waals surface area (Å²) in [6.07, 6.45) is 0.295. The van der Waals surface area contributed by atoms with E-state index < -0.39 is 0 Å². The molecule has 0 aliphatic heterocycles. The van der Waals surface area contributed by atoms with Gasteiger partial charge in [0.25, 0.3) is 0 Å². The van der Waals surface area contributed by atoms with Crippen LogP contribution in [-0.4, -0.2) is 4.98 Å². The molecular formula is C8H9BrClN3. The van der Waals surface area contributed by atoms with Crippen molar-refractivity contribution in [3.05, 3.63) is 28.5 Å². The van der Waals surface area contributed by atoms with Crippen LogP contribution >= 0.6 is 28.3 Å². The van der Waals surface area contributed by atoms with E-state index in [0.717, 1.165) is 10.3 Å². The standard InChI is InChI=1S/C8H8BrN3.ClH/c9-8-3-1-2-7(12-8)6(11)4-5-10;/h1-3,6H,4,11H2;1H/t6-;/m0./s1. The van der Waals surface area contributed by atoms with Gasteiger partial charge < -0.3 is 5.73 Å². The van der Waals surface area contributed by atoms with Gasteiger partial charge in [0.2, 0.25) is 0 Å². The highest BCUT2D eigenvalue weighted by molar-refractivity contribution is 9.10. The monoisotopic (exact) mass is 261 g/mol. The zero-order valence-corrected chi connectivity index (χ0v) is 9.18. The maximum Gasteiger partial charge on any atom is 0.106 e. The zero-order chi connectivity index (χ0) is 8.97. The molecule has 0 spiro atoms. The summed E-state index contributed by atoms with van der Waals surface area (Å²) in [6.45, 7) is 0. The van der Waals surface area contributed by atoms with Crippen LogP contribution in [0.2, 0.25) is 0 Å². The fraction of sp³-hybridized carbons (Fsp3) is 0.250. The van der Waals surface area contributed by atoms with Gasteiger partial charge in [-0.1, -0.05) is 6.07 Å². The molecule has 0 aliphatic rings. The Morgan fingerprint density at radius 3 is 2.85 bits per heavy atom. The number of pyridine rings is 1. The third-order valence-electron chi connectivity index (χ3n) is 1.43. The Bertz CT molecular complexity index is 311. The fourth-order valence-electron chi connectivity index (χ4n) is 0.833. The van der Waals surface area contributed by atoms with Crippen LogP contribution < -0.4 is 5.73 Å². The van der Waals surface area contributed by atoms with Crippen LogP contribution in [0.15, 0.2) is 22.8 Å². The lowest BCUT2D eigenvalue weighted by atomic mass is 10.1. The highest BCUT2D eigenvalue weighted by atomic mass is 79.9. The van der Waals surface area contributed by atoms with Gasteiger partial charge in [-0.2, -0.15) is 5.26 Å². The molecule has 2 N–H and O–H groups in total. The summed E-state index contributed by atoms with van der Waals surface area (Å²) < 4.78 is 0.744. The Hall–Kier alpha value is -0.630. The highest BCUT2D eigenvalue weighted by Crippen LogP contribution is 2.13. The molecule has 3 nitrogen and oxygen atoms in total. The Kier molecular flexibility index (Phi) is 5.63. The minimum atomic E-state index is -0.285. The van der Waals surface area contributed by atoms with E-state index in [2.05, 4.69) is 20.9 Å². The summed E-state index contributed by atoms with van der Waals surface area (Å²) in [5.41, 5.74) is 6.41. The van der Waals surface area contributed by atoms with Crippen molar-refractivity contribution in [2.45, 2.75) is 12.5 Å². The molecule has 0 fully saturated rings. The Labute approximate surface area is 91.5 Å². The van der Waals surface area contributed by atoms with Crippen LogP contribution in [0.3, 0.4) is 0 Å². The van der Waals surface area contributed by atoms with Crippen LogP contribution in [0.5, 0.6) is 0 Å². The van der Waals surface area contributed by atoms with Crippen molar-refractivity contribution in [1.29, 1.82) is 5.26 Å². The van der Waals surface area contributed by atoms with Gasteiger partial charge >= 0.3 is 0 Å². The molecule has 1 aromatic rings. The maximum absolute atomic E-state index is 8.40. The minimum absolute atomic E-state index is 0. The number of nitriles is 1. The van der Waals surface area contributed by atoms with Gasteiger partial charge in [-0.15, -0.1) is 12.4 Å². The molecule has 0 saturated carbocycles. The summed E-state index contributed by atoms with van der Waals surface area (Å²) in [5, 5.41) is 8.40. The molecule has 0 bridgehead atoms. The maximum atomic E-state index is 8.40. The van der Waals surface area contributed by atoms with Gasteiger partial charge in [0, 0.05) is 0 Å². The number of halogens is 2. The Balaban J connectivity index is 0.00000144. The predicted octanol–water partition coefficient (Wildman–Crippen LogP) is 2.18. The van der Waals surface area contributed by atoms with E-state index in [1.165, 1.54) is 0 Å². The van der Waals surface area contributed by atoms with E-state index in [1.807, 2.05) is 24.3 Å². The van der Waals surface area contributed by atoms with E-state index in [9.17, 15) is 0 Å². The van der Waals surface area contributed by atoms with Crippen molar-refractivity contribution in [1.82, 2.24) is 4.98 Å². The molecule has 0 aromatic carbocycles. The van der Waals surface area contributed by atoms with Gasteiger partial charge in [0.1, 0.15) is 4.60 Å². The first-order valence-corrected chi connectivity index (χ1v) is 4.28. The molecule has 1 aromatic heterocycles. The first-order valence-electron chi connectivity index (χ1n) is 3.49. The first-order chi connectivity index (χ1) is 5.74. The van der Waals surface area contributed by atoms with Crippen molar-refractivity contribution >= 4 is 28.3 Å². The van der Waals surface area contributed by atoms with Crippen LogP contribution in [0, 0.1) is 11.3 Å². The normalized spacial score (nSPS) is 11.2. The molecule has 0 saturated heterocycles. The number of nitrogens with zero attached hydrogens (tertiary/aromatic N) is 2. The lowest BCUT2D eigenvalue weighted by molar-refractivity contribution is 0.718. The zero-order valence-electron chi connectivity index (χ0n) is 6.77. The van der Waals surface area contributed by atoms with Gasteiger partial charge in [0.05, 0.1) is 24.2 Å². The van der Waals surface area contributed by atoms with E-state index in [-0.39, 0.29) is 18.4 Å². The molecule has 0 radical (unpaired) electrons. The van der Waals surface area contributed by atoms with Crippen LogP contribution in [0.1, 0.15) is 18.2 Å². The molecule has 70 valence electrons. The van der Waals surface area contributed by atoms with Crippen LogP contribution in [0.25, 0.3) is 0 Å². The van der Waals surface area contributed by atoms with Crippen molar-refractivity contribution in [2.75, 3.05) is 0 Å². The lowest BCUT2D eigenvalue weighted by Gasteiger charge is -2.05. The topological polar surface area (TPSA) is 62.7 Å². The third-order valence-corrected chi connectivity index (χ3v) is 1.87. The minimum Gasteiger partial charge on any atom is -0.322 e. The average Bonchev–Trinajstić information content (AvgIpc) is 2.05. The molecule has 1 heterocycles. The van der Waals surface area contributed by atoms with Crippen molar-refractivity contribution in [2.24, 2.45) is 5.73 Å². The number of hydrogen-bond acceptors (Lipinski definition) is 3. The second-order valence-electron chi connectivity index (χ2n) is 2.35. The number of hydrogen-bond donors (Lipinski definition) is 1. The summed E-state index contributed by atoms with van der Waals surface area (Å²) in [7, 11) is 0. The van der Waals surface area contributed by atoms with Crippen molar-refractivity contribution in [3.8, 4) is 6.07 Å². The molecule has 13 heavy (non-hydrogen) atoms. The van der Waals surface area contributed by atoms with Crippen LogP contribution in [-0.2, 0) is 0 Å². The predicted molar refractivity (Wildman–Crippen MR) is 56.3 cm³/mol. The quantitative estimate of drug-likeness (QED) is 0.831. The van der Waals surface area contributed by atoms with E-state index >= 15 is 0 Å². The smallest absolute Gasteiger partial charge is 0.106 e. The molecule has 1 rings (SSSR count). The summed E-state index contributed by atoms with van der Waals surface area (Å²) >= 11 is 3.23. The fourth-order valence-corrected chi connectivity index (χ4v) is 1.19. The van der Waals surface area contributed by atoms with E-state index in [4.69, 9.17) is 11.0 Å². The van der Waals surface area contributed by atoms with Crippen molar-refractivity contribution < 1.29 is 0 Å². The number of rotatable bonds is 2. The molecule has 0 unspecified atom stereocenters. The third kappa shape index (κ3) is 3.73. The molecule has 1 atom stereocenters. The SMILES string of the molecule is Cl.N#CC[C@H](N)c1cccc(Br)n1. The molecule has 0 amide bonds. The second-order valence-corrected chi connectivity index (χ2v) is 3.17. The van der Waals surface area contributed by atoms with E-state index in [0.29, 0.717) is 6.42 Å². The summed E-state index contributed by atoms with van der Waals surface area (Å²) in [4.78, 5) is 4.13. The lowest BCUT2D eigenvalue weighted by Crippen LogP contribution is -2.10. The van der Waals surface area contributed by atoms with Crippen LogP contribution in [0.4, 0.5) is 0 Å². The van der Waals surface area contributed by atoms with Crippen molar-refractivity contribution in [3.63, 3.8) is 0 Å². The van der Waals surface area contributed by atoms with Gasteiger partial charge in [-0.05, 0) is 28.1 Å². The number of nitrogens with two attached hydrogens (primary N) is 1. The summed E-state index contributed by atoms with van der Waals surface area (Å²) in [5.74, 6) is 0. The highest BCUT2D eigenvalue weighted by Gasteiger charge is 2.05. The van der Waals surface area contributed by atoms with Gasteiger partial charge in [-0.3, -0.25) is 0 Å². The first kappa shape index (κ1) is 12.4. The second kappa shape index (κ2) is 5.92. The summed E-state index contributed by atoms with van der Waals surface area (Å²) in [6, 6.07) is 7.21. The average molecular weight is 263 g/mol. The van der Waals surface area contributed by atoms with E-state index in [1.54, 1.807) is 0 Å². The Morgan fingerprint density at radius 1 is 1.62 bits per heavy atom. The molecule has 5 heteroatoms. The Morgan fingerprint density at radius 2 is 2.31 bits per heavy atom. The molecular weight excluding hydrogens is 253 g/mol. The molecule has 0 aliphatic carbocycles. The van der Waals surface area contributed by atoms with Gasteiger partial charge in [-0.25, -0.2) is 4.98 Å². The van der Waals surface area contributed by atoms with Gasteiger partial charge in [0.15, 0.2) is 0 Å². The largest absolute Gasteiger partial charge is 0.322 e.